The molecule has 1 aromatic heterocycles. The summed E-state index contributed by atoms with van der Waals surface area (Å²) in [6.45, 7) is 2.14. The Labute approximate surface area is 194 Å². The van der Waals surface area contributed by atoms with Gasteiger partial charge >= 0.3 is 5.97 Å². The van der Waals surface area contributed by atoms with Crippen LogP contribution in [-0.4, -0.2) is 48.1 Å². The number of aromatic nitrogens is 1. The van der Waals surface area contributed by atoms with E-state index in [1.165, 1.54) is 0 Å². The lowest BCUT2D eigenvalue weighted by Crippen LogP contribution is -2.20. The molecule has 6 heteroatoms. The zero-order valence-electron chi connectivity index (χ0n) is 19.7. The van der Waals surface area contributed by atoms with E-state index < -0.39 is 5.97 Å². The van der Waals surface area contributed by atoms with E-state index in [-0.39, 0.29) is 17.4 Å². The fourth-order valence-corrected chi connectivity index (χ4v) is 4.10. The van der Waals surface area contributed by atoms with Gasteiger partial charge in [0.1, 0.15) is 5.75 Å². The van der Waals surface area contributed by atoms with E-state index in [9.17, 15) is 14.7 Å². The van der Waals surface area contributed by atoms with Crippen molar-refractivity contribution in [3.8, 4) is 5.75 Å². The van der Waals surface area contributed by atoms with E-state index in [0.717, 1.165) is 40.4 Å². The Balaban J connectivity index is 1.94. The molecule has 3 rings (SSSR count). The molecule has 0 radical (unpaired) electrons. The number of allylic oxidation sites excluding steroid dienone is 1. The molecule has 1 heterocycles. The van der Waals surface area contributed by atoms with E-state index in [2.05, 4.69) is 36.2 Å². The van der Waals surface area contributed by atoms with E-state index >= 15 is 0 Å². The predicted molar refractivity (Wildman–Crippen MR) is 132 cm³/mol. The molecule has 0 saturated carbocycles. The van der Waals surface area contributed by atoms with Crippen LogP contribution in [0.4, 0.5) is 0 Å². The largest absolute Gasteiger partial charge is 0.496 e. The highest BCUT2D eigenvalue weighted by Crippen LogP contribution is 2.39. The minimum absolute atomic E-state index is 0.0680. The Morgan fingerprint density at radius 2 is 1.94 bits per heavy atom. The lowest BCUT2D eigenvalue weighted by atomic mass is 9.86. The first-order chi connectivity index (χ1) is 15.8. The molecule has 33 heavy (non-hydrogen) atoms. The second-order valence-corrected chi connectivity index (χ2v) is 8.38. The number of nitrogens with one attached hydrogen (secondary N) is 1. The third-order valence-electron chi connectivity index (χ3n) is 5.88. The fourth-order valence-electron chi connectivity index (χ4n) is 4.10. The van der Waals surface area contributed by atoms with Gasteiger partial charge in [-0.2, -0.15) is 0 Å². The number of hydrogen-bond donors (Lipinski definition) is 2. The molecule has 2 aromatic carbocycles. The zero-order valence-corrected chi connectivity index (χ0v) is 19.7. The number of aromatic amines is 1. The van der Waals surface area contributed by atoms with E-state index in [4.69, 9.17) is 4.74 Å². The summed E-state index contributed by atoms with van der Waals surface area (Å²) in [4.78, 5) is 28.2. The van der Waals surface area contributed by atoms with Gasteiger partial charge in [0.25, 0.3) is 0 Å². The highest BCUT2D eigenvalue weighted by atomic mass is 16.5. The van der Waals surface area contributed by atoms with E-state index in [1.807, 2.05) is 18.3 Å². The SMILES string of the molecule is CCCC(c1ccc(C(=O)O)cc1OC)c1c[nH]c2ccc(/C=C/CCC(=O)N(C)C)cc12. The third-order valence-corrected chi connectivity index (χ3v) is 5.88. The number of ether oxygens (including phenoxy) is 1. The van der Waals surface area contributed by atoms with E-state index in [1.54, 1.807) is 38.2 Å². The van der Waals surface area contributed by atoms with Crippen LogP contribution in [0.3, 0.4) is 0 Å². The van der Waals surface area contributed by atoms with E-state index in [0.29, 0.717) is 18.6 Å². The summed E-state index contributed by atoms with van der Waals surface area (Å²) >= 11 is 0. The number of aromatic carboxylic acids is 1. The summed E-state index contributed by atoms with van der Waals surface area (Å²) in [6, 6.07) is 11.4. The van der Waals surface area contributed by atoms with Crippen LogP contribution in [0.25, 0.3) is 17.0 Å². The molecule has 1 unspecified atom stereocenters. The minimum Gasteiger partial charge on any atom is -0.496 e. The van der Waals surface area contributed by atoms with Crippen LogP contribution < -0.4 is 4.74 Å². The number of amides is 1. The van der Waals surface area contributed by atoms with Gasteiger partial charge in [0, 0.05) is 49.1 Å². The summed E-state index contributed by atoms with van der Waals surface area (Å²) in [6.07, 6.45) is 9.19. The molecule has 0 saturated heterocycles. The van der Waals surface area contributed by atoms with Crippen molar-refractivity contribution in [2.75, 3.05) is 21.2 Å². The Morgan fingerprint density at radius 1 is 1.15 bits per heavy atom. The summed E-state index contributed by atoms with van der Waals surface area (Å²) in [7, 11) is 5.11. The second kappa shape index (κ2) is 10.9. The summed E-state index contributed by atoms with van der Waals surface area (Å²) in [5, 5.41) is 10.5. The average Bonchev–Trinajstić information content (AvgIpc) is 3.22. The molecule has 1 atom stereocenters. The molecule has 0 bridgehead atoms. The molecule has 3 aromatic rings. The topological polar surface area (TPSA) is 82.6 Å². The number of nitrogens with zero attached hydrogens (tertiary/aromatic N) is 1. The van der Waals surface area contributed by atoms with Gasteiger partial charge in [-0.25, -0.2) is 4.79 Å². The first-order valence-corrected chi connectivity index (χ1v) is 11.2. The van der Waals surface area contributed by atoms with Crippen LogP contribution >= 0.6 is 0 Å². The highest BCUT2D eigenvalue weighted by Gasteiger charge is 2.22. The molecule has 2 N–H and O–H groups in total. The van der Waals surface area contributed by atoms with Crippen molar-refractivity contribution in [3.05, 3.63) is 70.9 Å². The quantitative estimate of drug-likeness (QED) is 0.417. The minimum atomic E-state index is -0.970. The van der Waals surface area contributed by atoms with Crippen molar-refractivity contribution in [2.45, 2.75) is 38.5 Å². The normalized spacial score (nSPS) is 12.2. The van der Waals surface area contributed by atoms with Crippen molar-refractivity contribution >= 4 is 28.9 Å². The zero-order chi connectivity index (χ0) is 24.0. The molecular formula is C27H32N2O4. The first-order valence-electron chi connectivity index (χ1n) is 11.2. The number of H-pyrrole nitrogens is 1. The second-order valence-electron chi connectivity index (χ2n) is 8.38. The Kier molecular flexibility index (Phi) is 7.93. The summed E-state index contributed by atoms with van der Waals surface area (Å²) in [5.41, 5.74) is 4.47. The molecule has 0 fully saturated rings. The average molecular weight is 449 g/mol. The number of carboxylic acids is 1. The van der Waals surface area contributed by atoms with Crippen molar-refractivity contribution in [1.29, 1.82) is 0 Å². The molecule has 0 aliphatic heterocycles. The van der Waals surface area contributed by atoms with Gasteiger partial charge in [-0.15, -0.1) is 0 Å². The van der Waals surface area contributed by atoms with Crippen molar-refractivity contribution < 1.29 is 19.4 Å². The number of hydrogen-bond acceptors (Lipinski definition) is 3. The van der Waals surface area contributed by atoms with Gasteiger partial charge in [0.05, 0.1) is 12.7 Å². The van der Waals surface area contributed by atoms with Crippen LogP contribution in [-0.2, 0) is 4.79 Å². The van der Waals surface area contributed by atoms with Crippen molar-refractivity contribution in [1.82, 2.24) is 9.88 Å². The first kappa shape index (κ1) is 24.1. The molecule has 174 valence electrons. The van der Waals surface area contributed by atoms with Crippen molar-refractivity contribution in [3.63, 3.8) is 0 Å². The maximum Gasteiger partial charge on any atom is 0.335 e. The number of carbonyl (C=O) groups excluding carboxylic acids is 1. The van der Waals surface area contributed by atoms with Crippen LogP contribution in [0.5, 0.6) is 5.75 Å². The maximum atomic E-state index is 11.8. The Morgan fingerprint density at radius 3 is 2.61 bits per heavy atom. The standard InChI is InChI=1S/C27H32N2O4/c1-5-8-20(21-13-12-19(27(31)32)16-25(21)33-4)23-17-28-24-14-11-18(15-22(23)24)9-6-7-10-26(30)29(2)3/h6,9,11-17,20,28H,5,7-8,10H2,1-4H3,(H,31,32)/b9-6+. The monoisotopic (exact) mass is 448 g/mol. The highest BCUT2D eigenvalue weighted by molar-refractivity contribution is 5.89. The number of carboxylic acid groups (broad SMARTS) is 1. The third kappa shape index (κ3) is 5.64. The number of carbonyl (C=O) groups is 2. The maximum absolute atomic E-state index is 11.8. The number of rotatable bonds is 10. The fraction of sp³-hybridized carbons (Fsp3) is 0.333. The summed E-state index contributed by atoms with van der Waals surface area (Å²) < 4.78 is 5.58. The van der Waals surface area contributed by atoms with Gasteiger partial charge in [-0.05, 0) is 48.2 Å². The van der Waals surface area contributed by atoms with Crippen LogP contribution in [0.15, 0.2) is 48.7 Å². The van der Waals surface area contributed by atoms with Crippen LogP contribution in [0, 0.1) is 0 Å². The molecule has 1 amide bonds. The van der Waals surface area contributed by atoms with Gasteiger partial charge in [-0.1, -0.05) is 37.6 Å². The lowest BCUT2D eigenvalue weighted by molar-refractivity contribution is -0.128. The van der Waals surface area contributed by atoms with Gasteiger partial charge < -0.3 is 19.7 Å². The molecule has 0 aliphatic rings. The lowest BCUT2D eigenvalue weighted by Gasteiger charge is -2.20. The van der Waals surface area contributed by atoms with Crippen LogP contribution in [0.2, 0.25) is 0 Å². The van der Waals surface area contributed by atoms with Gasteiger partial charge in [-0.3, -0.25) is 4.79 Å². The smallest absolute Gasteiger partial charge is 0.335 e. The Hall–Kier alpha value is -3.54. The predicted octanol–water partition coefficient (Wildman–Crippen LogP) is 5.69. The molecule has 0 spiro atoms. The number of benzene rings is 2. The molecule has 6 nitrogen and oxygen atoms in total. The Bertz CT molecular complexity index is 1160. The van der Waals surface area contributed by atoms with Crippen LogP contribution in [0.1, 0.15) is 65.6 Å². The van der Waals surface area contributed by atoms with Gasteiger partial charge in [0.2, 0.25) is 5.91 Å². The summed E-state index contributed by atoms with van der Waals surface area (Å²) in [5.74, 6) is -0.196. The molecular weight excluding hydrogens is 416 g/mol. The number of fused-ring (bicyclic) bond motifs is 1. The van der Waals surface area contributed by atoms with Crippen molar-refractivity contribution in [2.24, 2.45) is 0 Å². The number of methoxy groups -OCH3 is 1. The molecule has 0 aliphatic carbocycles. The van der Waals surface area contributed by atoms with Gasteiger partial charge in [0.15, 0.2) is 0 Å².